The molecule has 4 aromatic rings. The van der Waals surface area contributed by atoms with Gasteiger partial charge in [-0.05, 0) is 81.1 Å². The first-order valence-electron chi connectivity index (χ1n) is 12.0. The average Bonchev–Trinajstić information content (AvgIpc) is 3.21. The molecule has 1 N–H and O–H groups in total. The number of benzene rings is 3. The van der Waals surface area contributed by atoms with Crippen molar-refractivity contribution in [1.29, 1.82) is 0 Å². The monoisotopic (exact) mass is 471 g/mol. The van der Waals surface area contributed by atoms with Crippen LogP contribution in [0.4, 0.5) is 0 Å². The highest BCUT2D eigenvalue weighted by Crippen LogP contribution is 2.23. The molecule has 4 rings (SSSR count). The molecule has 1 heterocycles. The lowest BCUT2D eigenvalue weighted by molar-refractivity contribution is -0.123. The number of ether oxygens (including phenoxy) is 2. The van der Waals surface area contributed by atoms with Crippen LogP contribution in [0.2, 0.25) is 0 Å². The van der Waals surface area contributed by atoms with Crippen LogP contribution in [0.25, 0.3) is 11.0 Å². The Labute approximate surface area is 206 Å². The lowest BCUT2D eigenvalue weighted by atomic mass is 10.1. The summed E-state index contributed by atoms with van der Waals surface area (Å²) in [6.07, 6.45) is 0. The first-order valence-corrected chi connectivity index (χ1v) is 12.0. The number of carbonyl (C=O) groups excluding carboxylic acids is 1. The summed E-state index contributed by atoms with van der Waals surface area (Å²) in [4.78, 5) is 17.5. The zero-order chi connectivity index (χ0) is 24.9. The molecule has 1 aromatic heterocycles. The molecule has 0 aliphatic rings. The van der Waals surface area contributed by atoms with E-state index in [9.17, 15) is 4.79 Å². The number of aromatic nitrogens is 2. The molecule has 0 radical (unpaired) electrons. The molecule has 1 amide bonds. The maximum atomic E-state index is 12.7. The summed E-state index contributed by atoms with van der Waals surface area (Å²) in [7, 11) is 0. The Morgan fingerprint density at radius 3 is 2.57 bits per heavy atom. The summed E-state index contributed by atoms with van der Waals surface area (Å²) in [6.45, 7) is 11.1. The Bertz CT molecular complexity index is 1340. The minimum Gasteiger partial charge on any atom is -0.491 e. The van der Waals surface area contributed by atoms with Gasteiger partial charge in [0.1, 0.15) is 23.9 Å². The van der Waals surface area contributed by atoms with E-state index in [-0.39, 0.29) is 18.6 Å². The van der Waals surface area contributed by atoms with Crippen molar-refractivity contribution in [1.82, 2.24) is 14.9 Å². The van der Waals surface area contributed by atoms with Crippen LogP contribution in [0.3, 0.4) is 0 Å². The third-order valence-electron chi connectivity index (χ3n) is 6.28. The van der Waals surface area contributed by atoms with Crippen molar-refractivity contribution < 1.29 is 14.3 Å². The van der Waals surface area contributed by atoms with Gasteiger partial charge in [0.25, 0.3) is 5.91 Å². The van der Waals surface area contributed by atoms with Gasteiger partial charge in [-0.15, -0.1) is 0 Å². The fourth-order valence-corrected chi connectivity index (χ4v) is 4.14. The largest absolute Gasteiger partial charge is 0.491 e. The van der Waals surface area contributed by atoms with Crippen LogP contribution in [-0.2, 0) is 11.3 Å². The lowest BCUT2D eigenvalue weighted by Gasteiger charge is -2.18. The van der Waals surface area contributed by atoms with Gasteiger partial charge in [0.05, 0.1) is 23.6 Å². The third kappa shape index (κ3) is 5.65. The Morgan fingerprint density at radius 1 is 0.943 bits per heavy atom. The van der Waals surface area contributed by atoms with E-state index < -0.39 is 0 Å². The molecule has 0 bridgehead atoms. The number of imidazole rings is 1. The quantitative estimate of drug-likeness (QED) is 0.345. The summed E-state index contributed by atoms with van der Waals surface area (Å²) in [5.41, 5.74) is 6.35. The average molecular weight is 472 g/mol. The van der Waals surface area contributed by atoms with Gasteiger partial charge < -0.3 is 19.4 Å². The van der Waals surface area contributed by atoms with E-state index in [2.05, 4.69) is 29.8 Å². The van der Waals surface area contributed by atoms with Gasteiger partial charge in [0.15, 0.2) is 6.61 Å². The molecule has 0 aliphatic carbocycles. The highest BCUT2D eigenvalue weighted by Gasteiger charge is 2.19. The molecule has 1 atom stereocenters. The summed E-state index contributed by atoms with van der Waals surface area (Å²) in [6, 6.07) is 19.8. The zero-order valence-corrected chi connectivity index (χ0v) is 21.1. The van der Waals surface area contributed by atoms with Crippen molar-refractivity contribution in [2.75, 3.05) is 13.2 Å². The van der Waals surface area contributed by atoms with Gasteiger partial charge in [0, 0.05) is 0 Å². The van der Waals surface area contributed by atoms with Crippen LogP contribution in [0.15, 0.2) is 60.7 Å². The van der Waals surface area contributed by atoms with Crippen LogP contribution in [0.5, 0.6) is 11.5 Å². The fourth-order valence-electron chi connectivity index (χ4n) is 4.14. The molecule has 0 spiro atoms. The molecule has 182 valence electrons. The van der Waals surface area contributed by atoms with Gasteiger partial charge in [-0.25, -0.2) is 4.98 Å². The SMILES string of the molecule is Cc1ccc(C)c(OCC(=O)NC(C)c2nc3ccccc3n2CCOc2cccc(C)c2C)c1. The number of rotatable bonds is 9. The molecule has 0 saturated carbocycles. The maximum Gasteiger partial charge on any atom is 0.258 e. The van der Waals surface area contributed by atoms with E-state index >= 15 is 0 Å². The number of amides is 1. The first-order chi connectivity index (χ1) is 16.8. The van der Waals surface area contributed by atoms with Gasteiger partial charge >= 0.3 is 0 Å². The first kappa shape index (κ1) is 24.3. The van der Waals surface area contributed by atoms with E-state index in [1.54, 1.807) is 0 Å². The number of hydrogen-bond donors (Lipinski definition) is 1. The second-order valence-corrected chi connectivity index (χ2v) is 9.00. The van der Waals surface area contributed by atoms with Crippen molar-refractivity contribution in [3.63, 3.8) is 0 Å². The fraction of sp³-hybridized carbons (Fsp3) is 0.310. The molecule has 0 fully saturated rings. The van der Waals surface area contributed by atoms with Gasteiger partial charge in [-0.3, -0.25) is 4.79 Å². The standard InChI is InChI=1S/C29H33N3O3/c1-19-13-14-21(3)27(17-19)35-18-28(33)30-23(5)29-31-24-10-6-7-11-25(24)32(29)15-16-34-26-12-8-9-20(2)22(26)4/h6-14,17,23H,15-16,18H2,1-5H3,(H,30,33). The Morgan fingerprint density at radius 2 is 1.74 bits per heavy atom. The number of carbonyl (C=O) groups is 1. The van der Waals surface area contributed by atoms with Crippen molar-refractivity contribution in [3.8, 4) is 11.5 Å². The molecular formula is C29H33N3O3. The molecule has 1 unspecified atom stereocenters. The highest BCUT2D eigenvalue weighted by atomic mass is 16.5. The number of aryl methyl sites for hydroxylation is 3. The van der Waals surface area contributed by atoms with Crippen molar-refractivity contribution >= 4 is 16.9 Å². The zero-order valence-electron chi connectivity index (χ0n) is 21.1. The molecule has 3 aromatic carbocycles. The summed E-state index contributed by atoms with van der Waals surface area (Å²) < 4.78 is 14.0. The van der Waals surface area contributed by atoms with Crippen LogP contribution >= 0.6 is 0 Å². The molecule has 6 nitrogen and oxygen atoms in total. The molecule has 0 saturated heterocycles. The highest BCUT2D eigenvalue weighted by molar-refractivity contribution is 5.79. The van der Waals surface area contributed by atoms with Gasteiger partial charge in [0.2, 0.25) is 0 Å². The smallest absolute Gasteiger partial charge is 0.258 e. The van der Waals surface area contributed by atoms with E-state index in [0.717, 1.165) is 45.0 Å². The van der Waals surface area contributed by atoms with Gasteiger partial charge in [-0.1, -0.05) is 36.4 Å². The van der Waals surface area contributed by atoms with Crippen molar-refractivity contribution in [3.05, 3.63) is 88.7 Å². The number of hydrogen-bond acceptors (Lipinski definition) is 4. The third-order valence-corrected chi connectivity index (χ3v) is 6.28. The van der Waals surface area contributed by atoms with E-state index in [0.29, 0.717) is 13.2 Å². The number of para-hydroxylation sites is 2. The van der Waals surface area contributed by atoms with Crippen LogP contribution in [0, 0.1) is 27.7 Å². The van der Waals surface area contributed by atoms with Gasteiger partial charge in [-0.2, -0.15) is 0 Å². The number of nitrogens with one attached hydrogen (secondary N) is 1. The summed E-state index contributed by atoms with van der Waals surface area (Å²) in [5, 5.41) is 3.04. The molecular weight excluding hydrogens is 438 g/mol. The van der Waals surface area contributed by atoms with E-state index in [1.165, 1.54) is 5.56 Å². The van der Waals surface area contributed by atoms with Crippen LogP contribution < -0.4 is 14.8 Å². The van der Waals surface area contributed by atoms with E-state index in [1.807, 2.05) is 75.4 Å². The predicted molar refractivity (Wildman–Crippen MR) is 139 cm³/mol. The molecule has 35 heavy (non-hydrogen) atoms. The normalized spacial score (nSPS) is 11.9. The second kappa shape index (κ2) is 10.6. The number of fused-ring (bicyclic) bond motifs is 1. The second-order valence-electron chi connectivity index (χ2n) is 9.00. The minimum absolute atomic E-state index is 0.0510. The van der Waals surface area contributed by atoms with E-state index in [4.69, 9.17) is 14.5 Å². The van der Waals surface area contributed by atoms with Crippen molar-refractivity contribution in [2.24, 2.45) is 0 Å². The lowest BCUT2D eigenvalue weighted by Crippen LogP contribution is -2.33. The van der Waals surface area contributed by atoms with Crippen LogP contribution in [-0.4, -0.2) is 28.7 Å². The Hall–Kier alpha value is -3.80. The molecule has 6 heteroatoms. The summed E-state index contributed by atoms with van der Waals surface area (Å²) in [5.74, 6) is 2.21. The Kier molecular flexibility index (Phi) is 7.39. The van der Waals surface area contributed by atoms with Crippen LogP contribution in [0.1, 0.15) is 41.0 Å². The Balaban J connectivity index is 1.45. The molecule has 0 aliphatic heterocycles. The van der Waals surface area contributed by atoms with Crippen molar-refractivity contribution in [2.45, 2.75) is 47.2 Å². The maximum absolute atomic E-state index is 12.7. The number of nitrogens with zero attached hydrogens (tertiary/aromatic N) is 2. The summed E-state index contributed by atoms with van der Waals surface area (Å²) >= 11 is 0. The topological polar surface area (TPSA) is 65.4 Å². The predicted octanol–water partition coefficient (Wildman–Crippen LogP) is 5.61. The minimum atomic E-state index is -0.294.